The topological polar surface area (TPSA) is 71.1 Å². The van der Waals surface area contributed by atoms with Crippen LogP contribution in [0.5, 0.6) is 0 Å². The van der Waals surface area contributed by atoms with E-state index in [1.165, 1.54) is 0 Å². The molecule has 2 unspecified atom stereocenters. The van der Waals surface area contributed by atoms with Crippen LogP contribution in [0.25, 0.3) is 0 Å². The summed E-state index contributed by atoms with van der Waals surface area (Å²) in [5.74, 6) is -0.904. The summed E-state index contributed by atoms with van der Waals surface area (Å²) in [5, 5.41) is 0. The molecule has 1 aliphatic rings. The molecule has 0 saturated carbocycles. The standard InChI is InChI=1S/C23H26O6/c1-3-14-26-23-20(29-22(25)18-12-8-5-9-13-18)15-19(16(2)27-23)28-21(24)17-10-6-4-7-11-17/h4-13,16,19-20,23H,3,14-15H2,1-2H3/t16?,19-,20?,23-/m1/s1. The zero-order chi connectivity index (χ0) is 20.6. The number of ether oxygens (including phenoxy) is 4. The summed E-state index contributed by atoms with van der Waals surface area (Å²) in [7, 11) is 0. The highest BCUT2D eigenvalue weighted by atomic mass is 16.7. The number of carbonyl (C=O) groups excluding carboxylic acids is 2. The van der Waals surface area contributed by atoms with Crippen LogP contribution in [-0.2, 0) is 18.9 Å². The molecule has 3 rings (SSSR count). The summed E-state index contributed by atoms with van der Waals surface area (Å²) in [4.78, 5) is 25.0. The Morgan fingerprint density at radius 1 is 0.897 bits per heavy atom. The van der Waals surface area contributed by atoms with E-state index < -0.39 is 36.5 Å². The molecule has 6 nitrogen and oxygen atoms in total. The zero-order valence-electron chi connectivity index (χ0n) is 16.7. The lowest BCUT2D eigenvalue weighted by atomic mass is 10.0. The fourth-order valence-corrected chi connectivity index (χ4v) is 3.11. The van der Waals surface area contributed by atoms with Crippen molar-refractivity contribution in [3.63, 3.8) is 0 Å². The van der Waals surface area contributed by atoms with E-state index in [1.807, 2.05) is 26.0 Å². The Labute approximate surface area is 170 Å². The molecule has 0 spiro atoms. The second-order valence-electron chi connectivity index (χ2n) is 6.94. The summed E-state index contributed by atoms with van der Waals surface area (Å²) in [5.41, 5.74) is 0.903. The lowest BCUT2D eigenvalue weighted by molar-refractivity contribution is -0.259. The first kappa shape index (κ1) is 21.0. The largest absolute Gasteiger partial charge is 0.456 e. The number of hydrogen-bond acceptors (Lipinski definition) is 6. The second kappa shape index (κ2) is 10.2. The first-order valence-electron chi connectivity index (χ1n) is 9.87. The SMILES string of the molecule is CCCO[C@@H]1OC(C)[C@H](OC(=O)c2ccccc2)CC1OC(=O)c1ccccc1. The van der Waals surface area contributed by atoms with E-state index in [0.717, 1.165) is 6.42 Å². The van der Waals surface area contributed by atoms with Crippen LogP contribution in [-0.4, -0.2) is 43.1 Å². The van der Waals surface area contributed by atoms with Gasteiger partial charge in [0.1, 0.15) is 6.10 Å². The van der Waals surface area contributed by atoms with E-state index in [2.05, 4.69) is 0 Å². The van der Waals surface area contributed by atoms with E-state index in [-0.39, 0.29) is 0 Å². The van der Waals surface area contributed by atoms with Crippen molar-refractivity contribution in [2.45, 2.75) is 51.3 Å². The van der Waals surface area contributed by atoms with Crippen LogP contribution in [0.2, 0.25) is 0 Å². The number of esters is 2. The number of carbonyl (C=O) groups is 2. The third-order valence-electron chi connectivity index (χ3n) is 4.66. The van der Waals surface area contributed by atoms with Gasteiger partial charge < -0.3 is 18.9 Å². The van der Waals surface area contributed by atoms with Crippen molar-refractivity contribution >= 4 is 11.9 Å². The molecule has 0 amide bonds. The molecule has 4 atom stereocenters. The van der Waals surface area contributed by atoms with E-state index in [0.29, 0.717) is 24.2 Å². The van der Waals surface area contributed by atoms with Gasteiger partial charge >= 0.3 is 11.9 Å². The summed E-state index contributed by atoms with van der Waals surface area (Å²) >= 11 is 0. The molecule has 1 saturated heterocycles. The summed E-state index contributed by atoms with van der Waals surface area (Å²) in [6.45, 7) is 4.29. The molecule has 0 aromatic heterocycles. The Balaban J connectivity index is 1.70. The van der Waals surface area contributed by atoms with Crippen molar-refractivity contribution in [1.29, 1.82) is 0 Å². The molecule has 1 aliphatic heterocycles. The quantitative estimate of drug-likeness (QED) is 0.657. The van der Waals surface area contributed by atoms with Crippen LogP contribution in [0.4, 0.5) is 0 Å². The van der Waals surface area contributed by atoms with Crippen molar-refractivity contribution in [2.24, 2.45) is 0 Å². The van der Waals surface area contributed by atoms with Crippen LogP contribution >= 0.6 is 0 Å². The lowest BCUT2D eigenvalue weighted by Crippen LogP contribution is -2.50. The Hall–Kier alpha value is -2.70. The van der Waals surface area contributed by atoms with Gasteiger partial charge in [0.15, 0.2) is 12.4 Å². The Morgan fingerprint density at radius 2 is 1.41 bits per heavy atom. The molecule has 2 aromatic rings. The highest BCUT2D eigenvalue weighted by molar-refractivity contribution is 5.90. The predicted molar refractivity (Wildman–Crippen MR) is 106 cm³/mol. The Bertz CT molecular complexity index is 792. The minimum Gasteiger partial charge on any atom is -0.456 e. The predicted octanol–water partition coefficient (Wildman–Crippen LogP) is 4.00. The third-order valence-corrected chi connectivity index (χ3v) is 4.66. The smallest absolute Gasteiger partial charge is 0.338 e. The number of rotatable bonds is 7. The molecule has 154 valence electrons. The van der Waals surface area contributed by atoms with Crippen LogP contribution in [0.1, 0.15) is 47.4 Å². The zero-order valence-corrected chi connectivity index (χ0v) is 16.7. The molecular formula is C23H26O6. The average molecular weight is 398 g/mol. The molecule has 0 aliphatic carbocycles. The second-order valence-corrected chi connectivity index (χ2v) is 6.94. The third kappa shape index (κ3) is 5.65. The molecule has 0 N–H and O–H groups in total. The van der Waals surface area contributed by atoms with E-state index >= 15 is 0 Å². The first-order valence-corrected chi connectivity index (χ1v) is 9.87. The van der Waals surface area contributed by atoms with E-state index in [1.54, 1.807) is 48.5 Å². The van der Waals surface area contributed by atoms with Gasteiger partial charge in [-0.05, 0) is 37.6 Å². The Morgan fingerprint density at radius 3 is 1.93 bits per heavy atom. The summed E-state index contributed by atoms with van der Waals surface area (Å²) < 4.78 is 23.0. The van der Waals surface area contributed by atoms with Crippen LogP contribution in [0, 0.1) is 0 Å². The molecule has 0 bridgehead atoms. The highest BCUT2D eigenvalue weighted by Crippen LogP contribution is 2.27. The monoisotopic (exact) mass is 398 g/mol. The highest BCUT2D eigenvalue weighted by Gasteiger charge is 2.41. The van der Waals surface area contributed by atoms with Gasteiger partial charge in [0.25, 0.3) is 0 Å². The number of hydrogen-bond donors (Lipinski definition) is 0. The van der Waals surface area contributed by atoms with Gasteiger partial charge in [0.2, 0.25) is 0 Å². The minimum absolute atomic E-state index is 0.298. The van der Waals surface area contributed by atoms with E-state index in [4.69, 9.17) is 18.9 Å². The van der Waals surface area contributed by atoms with Crippen molar-refractivity contribution in [1.82, 2.24) is 0 Å². The fraction of sp³-hybridized carbons (Fsp3) is 0.391. The molecule has 29 heavy (non-hydrogen) atoms. The van der Waals surface area contributed by atoms with Crippen molar-refractivity contribution in [3.05, 3.63) is 71.8 Å². The molecule has 2 aromatic carbocycles. The van der Waals surface area contributed by atoms with Crippen molar-refractivity contribution < 1.29 is 28.5 Å². The molecule has 1 fully saturated rings. The van der Waals surface area contributed by atoms with E-state index in [9.17, 15) is 9.59 Å². The maximum Gasteiger partial charge on any atom is 0.338 e. The van der Waals surface area contributed by atoms with Crippen LogP contribution in [0.3, 0.4) is 0 Å². The number of benzene rings is 2. The molecular weight excluding hydrogens is 372 g/mol. The van der Waals surface area contributed by atoms with Gasteiger partial charge in [0, 0.05) is 13.0 Å². The van der Waals surface area contributed by atoms with Gasteiger partial charge in [-0.15, -0.1) is 0 Å². The average Bonchev–Trinajstić information content (AvgIpc) is 2.76. The van der Waals surface area contributed by atoms with Gasteiger partial charge in [-0.25, -0.2) is 9.59 Å². The van der Waals surface area contributed by atoms with Gasteiger partial charge in [-0.3, -0.25) is 0 Å². The maximum atomic E-state index is 12.5. The lowest BCUT2D eigenvalue weighted by Gasteiger charge is -2.38. The van der Waals surface area contributed by atoms with Gasteiger partial charge in [-0.2, -0.15) is 0 Å². The normalized spacial score (nSPS) is 23.9. The van der Waals surface area contributed by atoms with Gasteiger partial charge in [0.05, 0.1) is 17.2 Å². The van der Waals surface area contributed by atoms with Gasteiger partial charge in [-0.1, -0.05) is 43.3 Å². The summed E-state index contributed by atoms with van der Waals surface area (Å²) in [6.07, 6.45) is -1.23. The van der Waals surface area contributed by atoms with Crippen LogP contribution in [0.15, 0.2) is 60.7 Å². The Kier molecular flexibility index (Phi) is 7.38. The molecule has 6 heteroatoms. The summed E-state index contributed by atoms with van der Waals surface area (Å²) in [6, 6.07) is 17.5. The molecule has 1 heterocycles. The first-order chi connectivity index (χ1) is 14.1. The maximum absolute atomic E-state index is 12.5. The van der Waals surface area contributed by atoms with Crippen LogP contribution < -0.4 is 0 Å². The van der Waals surface area contributed by atoms with Crippen molar-refractivity contribution in [2.75, 3.05) is 6.61 Å². The minimum atomic E-state index is -0.704. The fourth-order valence-electron chi connectivity index (χ4n) is 3.11. The van der Waals surface area contributed by atoms with Crippen molar-refractivity contribution in [3.8, 4) is 0 Å². The molecule has 0 radical (unpaired) electrons.